The largest absolute Gasteiger partial charge is 0.389 e. The molecule has 0 radical (unpaired) electrons. The van der Waals surface area contributed by atoms with Crippen LogP contribution in [0.25, 0.3) is 10.9 Å². The molecular formula is C18H16Cl2N2O3. The molecule has 0 amide bonds. The molecule has 2 aromatic carbocycles. The Hall–Kier alpha value is -1.92. The van der Waals surface area contributed by atoms with E-state index in [9.17, 15) is 9.90 Å². The van der Waals surface area contributed by atoms with E-state index >= 15 is 0 Å². The van der Waals surface area contributed by atoms with Gasteiger partial charge in [0.25, 0.3) is 5.56 Å². The molecular weight excluding hydrogens is 363 g/mol. The minimum atomic E-state index is -0.841. The number of rotatable bonds is 6. The van der Waals surface area contributed by atoms with Crippen molar-refractivity contribution in [2.24, 2.45) is 0 Å². The maximum absolute atomic E-state index is 12.4. The van der Waals surface area contributed by atoms with Crippen molar-refractivity contribution >= 4 is 34.1 Å². The van der Waals surface area contributed by atoms with Crippen LogP contribution in [0.15, 0.2) is 53.6 Å². The Morgan fingerprint density at radius 2 is 2.00 bits per heavy atom. The first-order valence-corrected chi connectivity index (χ1v) is 8.44. The van der Waals surface area contributed by atoms with Crippen molar-refractivity contribution in [1.29, 1.82) is 0 Å². The molecule has 0 fully saturated rings. The number of ether oxygens (including phenoxy) is 1. The SMILES string of the molecule is O=c1c2ccc(Cl)cc2ncn1C[C@H](O)COCc1ccccc1Cl. The Kier molecular flexibility index (Phi) is 5.71. The van der Waals surface area contributed by atoms with Crippen LogP contribution >= 0.6 is 23.2 Å². The molecule has 3 aromatic rings. The highest BCUT2D eigenvalue weighted by molar-refractivity contribution is 6.31. The Morgan fingerprint density at radius 3 is 2.80 bits per heavy atom. The molecule has 0 saturated heterocycles. The van der Waals surface area contributed by atoms with E-state index in [1.807, 2.05) is 18.2 Å². The first kappa shape index (κ1) is 17.9. The Morgan fingerprint density at radius 1 is 1.20 bits per heavy atom. The van der Waals surface area contributed by atoms with Gasteiger partial charge in [-0.25, -0.2) is 4.98 Å². The van der Waals surface area contributed by atoms with E-state index in [1.165, 1.54) is 10.9 Å². The standard InChI is InChI=1S/C18H16Cl2N2O3/c19-13-5-6-15-17(7-13)21-11-22(18(15)24)8-14(23)10-25-9-12-3-1-2-4-16(12)20/h1-7,11,14,23H,8-10H2/t14-/m0/s1. The Bertz CT molecular complexity index is 943. The zero-order valence-corrected chi connectivity index (χ0v) is 14.7. The summed E-state index contributed by atoms with van der Waals surface area (Å²) < 4.78 is 6.85. The van der Waals surface area contributed by atoms with Gasteiger partial charge in [0.15, 0.2) is 0 Å². The van der Waals surface area contributed by atoms with Gasteiger partial charge in [-0.1, -0.05) is 41.4 Å². The highest BCUT2D eigenvalue weighted by Gasteiger charge is 2.10. The predicted molar refractivity (Wildman–Crippen MR) is 98.1 cm³/mol. The van der Waals surface area contributed by atoms with Crippen LogP contribution < -0.4 is 5.56 Å². The number of aliphatic hydroxyl groups excluding tert-OH is 1. The van der Waals surface area contributed by atoms with Crippen LogP contribution in [0.3, 0.4) is 0 Å². The molecule has 5 nitrogen and oxygen atoms in total. The summed E-state index contributed by atoms with van der Waals surface area (Å²) in [5.41, 5.74) is 1.14. The van der Waals surface area contributed by atoms with Gasteiger partial charge >= 0.3 is 0 Å². The van der Waals surface area contributed by atoms with Crippen molar-refractivity contribution in [1.82, 2.24) is 9.55 Å². The molecule has 1 heterocycles. The monoisotopic (exact) mass is 378 g/mol. The number of hydrogen-bond acceptors (Lipinski definition) is 4. The van der Waals surface area contributed by atoms with E-state index in [0.717, 1.165) is 5.56 Å². The number of aliphatic hydroxyl groups is 1. The van der Waals surface area contributed by atoms with Gasteiger partial charge in [0.2, 0.25) is 0 Å². The second kappa shape index (κ2) is 7.97. The van der Waals surface area contributed by atoms with Gasteiger partial charge in [-0.2, -0.15) is 0 Å². The minimum Gasteiger partial charge on any atom is -0.389 e. The van der Waals surface area contributed by atoms with Crippen LogP contribution in [-0.4, -0.2) is 27.4 Å². The van der Waals surface area contributed by atoms with Gasteiger partial charge in [-0.3, -0.25) is 9.36 Å². The van der Waals surface area contributed by atoms with E-state index < -0.39 is 6.10 Å². The lowest BCUT2D eigenvalue weighted by Crippen LogP contribution is -2.29. The van der Waals surface area contributed by atoms with Crippen LogP contribution in [0.4, 0.5) is 0 Å². The number of halogens is 2. The zero-order chi connectivity index (χ0) is 17.8. The van der Waals surface area contributed by atoms with E-state index in [1.54, 1.807) is 24.3 Å². The fourth-order valence-electron chi connectivity index (χ4n) is 2.46. The lowest BCUT2D eigenvalue weighted by atomic mass is 10.2. The van der Waals surface area contributed by atoms with E-state index in [4.69, 9.17) is 27.9 Å². The molecule has 0 aliphatic rings. The van der Waals surface area contributed by atoms with Crippen molar-refractivity contribution in [3.8, 4) is 0 Å². The molecule has 0 saturated carbocycles. The molecule has 0 unspecified atom stereocenters. The smallest absolute Gasteiger partial charge is 0.261 e. The lowest BCUT2D eigenvalue weighted by Gasteiger charge is -2.14. The van der Waals surface area contributed by atoms with Gasteiger partial charge in [0, 0.05) is 10.0 Å². The van der Waals surface area contributed by atoms with Crippen molar-refractivity contribution < 1.29 is 9.84 Å². The van der Waals surface area contributed by atoms with Crippen LogP contribution in [0.2, 0.25) is 10.0 Å². The summed E-state index contributed by atoms with van der Waals surface area (Å²) in [4.78, 5) is 16.6. The number of hydrogen-bond donors (Lipinski definition) is 1. The van der Waals surface area contributed by atoms with Crippen LogP contribution in [-0.2, 0) is 17.9 Å². The first-order chi connectivity index (χ1) is 12.0. The van der Waals surface area contributed by atoms with Gasteiger partial charge < -0.3 is 9.84 Å². The topological polar surface area (TPSA) is 64.4 Å². The second-order valence-electron chi connectivity index (χ2n) is 5.62. The second-order valence-corrected chi connectivity index (χ2v) is 6.47. The molecule has 0 aliphatic heterocycles. The summed E-state index contributed by atoms with van der Waals surface area (Å²) in [6.45, 7) is 0.462. The quantitative estimate of drug-likeness (QED) is 0.714. The average Bonchev–Trinajstić information content (AvgIpc) is 2.59. The van der Waals surface area contributed by atoms with Crippen molar-refractivity contribution in [2.45, 2.75) is 19.3 Å². The van der Waals surface area contributed by atoms with Crippen LogP contribution in [0, 0.1) is 0 Å². The zero-order valence-electron chi connectivity index (χ0n) is 13.2. The Balaban J connectivity index is 1.63. The number of fused-ring (bicyclic) bond motifs is 1. The van der Waals surface area contributed by atoms with Crippen molar-refractivity contribution in [2.75, 3.05) is 6.61 Å². The summed E-state index contributed by atoms with van der Waals surface area (Å²) >= 11 is 12.0. The third-order valence-electron chi connectivity index (χ3n) is 3.72. The number of nitrogens with zero attached hydrogens (tertiary/aromatic N) is 2. The molecule has 0 bridgehead atoms. The summed E-state index contributed by atoms with van der Waals surface area (Å²) in [7, 11) is 0. The predicted octanol–water partition coefficient (Wildman–Crippen LogP) is 3.28. The third-order valence-corrected chi connectivity index (χ3v) is 4.32. The fourth-order valence-corrected chi connectivity index (χ4v) is 2.82. The minimum absolute atomic E-state index is 0.0797. The molecule has 0 spiro atoms. The van der Waals surface area contributed by atoms with Crippen LogP contribution in [0.5, 0.6) is 0 Å². The molecule has 1 atom stereocenters. The summed E-state index contributed by atoms with van der Waals surface area (Å²) in [5, 5.41) is 11.7. The van der Waals surface area contributed by atoms with Crippen molar-refractivity contribution in [3.05, 3.63) is 74.8 Å². The third kappa shape index (κ3) is 4.38. The summed E-state index contributed by atoms with van der Waals surface area (Å²) in [6.07, 6.45) is 0.560. The van der Waals surface area contributed by atoms with Gasteiger partial charge in [-0.15, -0.1) is 0 Å². The molecule has 7 heteroatoms. The molecule has 3 rings (SSSR count). The normalized spacial score (nSPS) is 12.4. The van der Waals surface area contributed by atoms with E-state index in [0.29, 0.717) is 27.6 Å². The van der Waals surface area contributed by atoms with E-state index in [2.05, 4.69) is 4.98 Å². The van der Waals surface area contributed by atoms with Crippen molar-refractivity contribution in [3.63, 3.8) is 0 Å². The summed E-state index contributed by atoms with van der Waals surface area (Å²) in [5.74, 6) is 0. The number of aromatic nitrogens is 2. The van der Waals surface area contributed by atoms with Gasteiger partial charge in [-0.05, 0) is 29.8 Å². The average molecular weight is 379 g/mol. The molecule has 25 heavy (non-hydrogen) atoms. The fraction of sp³-hybridized carbons (Fsp3) is 0.222. The lowest BCUT2D eigenvalue weighted by molar-refractivity contribution is 0.0198. The maximum Gasteiger partial charge on any atom is 0.261 e. The van der Waals surface area contributed by atoms with E-state index in [-0.39, 0.29) is 18.7 Å². The molecule has 1 aromatic heterocycles. The van der Waals surface area contributed by atoms with Gasteiger partial charge in [0.05, 0.1) is 43.1 Å². The van der Waals surface area contributed by atoms with Gasteiger partial charge in [0.1, 0.15) is 0 Å². The maximum atomic E-state index is 12.4. The molecule has 130 valence electrons. The number of benzene rings is 2. The first-order valence-electron chi connectivity index (χ1n) is 7.68. The molecule has 1 N–H and O–H groups in total. The summed E-state index contributed by atoms with van der Waals surface area (Å²) in [6, 6.07) is 12.2. The highest BCUT2D eigenvalue weighted by atomic mass is 35.5. The highest BCUT2D eigenvalue weighted by Crippen LogP contribution is 2.16. The Labute approximate surface area is 154 Å². The van der Waals surface area contributed by atoms with Crippen LogP contribution in [0.1, 0.15) is 5.56 Å². The molecule has 0 aliphatic carbocycles.